The van der Waals surface area contributed by atoms with Crippen molar-refractivity contribution in [3.8, 4) is 11.5 Å². The molecule has 4 bridgehead atoms. The van der Waals surface area contributed by atoms with E-state index in [1.54, 1.807) is 6.07 Å². The van der Waals surface area contributed by atoms with Crippen LogP contribution in [0, 0.1) is 23.2 Å². The number of carbonyl (C=O) groups excluding carboxylic acids is 1. The molecule has 1 heterocycles. The Labute approximate surface area is 197 Å². The number of hydrogen-bond donors (Lipinski definition) is 1. The molecule has 6 rings (SSSR count). The molecule has 182 valence electrons. The molecule has 1 aromatic rings. The predicted octanol–water partition coefficient (Wildman–Crippen LogP) is 3.58. The Morgan fingerprint density at radius 2 is 1.67 bits per heavy atom. The van der Waals surface area contributed by atoms with E-state index in [1.165, 1.54) is 69.2 Å². The van der Waals surface area contributed by atoms with Crippen molar-refractivity contribution < 1.29 is 22.7 Å². The van der Waals surface area contributed by atoms with Crippen LogP contribution < -0.4 is 14.8 Å². The molecule has 2 unspecified atom stereocenters. The van der Waals surface area contributed by atoms with Crippen LogP contribution in [-0.2, 0) is 14.8 Å². The second kappa shape index (κ2) is 8.45. The van der Waals surface area contributed by atoms with Crippen molar-refractivity contribution in [2.45, 2.75) is 75.3 Å². The summed E-state index contributed by atoms with van der Waals surface area (Å²) in [4.78, 5) is 13.5. The monoisotopic (exact) mass is 476 g/mol. The number of carbonyl (C=O) groups is 1. The van der Waals surface area contributed by atoms with E-state index in [0.29, 0.717) is 30.9 Å². The van der Waals surface area contributed by atoms with E-state index in [2.05, 4.69) is 12.2 Å². The summed E-state index contributed by atoms with van der Waals surface area (Å²) in [5, 5.41) is 3.28. The summed E-state index contributed by atoms with van der Waals surface area (Å²) in [6, 6.07) is 3.98. The zero-order valence-corrected chi connectivity index (χ0v) is 20.7. The molecule has 1 aliphatic heterocycles. The van der Waals surface area contributed by atoms with Crippen LogP contribution in [0.1, 0.15) is 58.3 Å². The van der Waals surface area contributed by atoms with E-state index in [-0.39, 0.29) is 22.3 Å². The van der Waals surface area contributed by atoms with Crippen LogP contribution >= 0.6 is 0 Å². The average Bonchev–Trinajstić information content (AvgIpc) is 3.29. The number of hydrogen-bond acceptors (Lipinski definition) is 5. The first-order chi connectivity index (χ1) is 15.8. The van der Waals surface area contributed by atoms with E-state index in [9.17, 15) is 13.2 Å². The Hall–Kier alpha value is -1.80. The Kier molecular flexibility index (Phi) is 5.88. The maximum atomic E-state index is 13.5. The van der Waals surface area contributed by atoms with Gasteiger partial charge in [0, 0.05) is 18.7 Å². The van der Waals surface area contributed by atoms with Crippen LogP contribution in [0.15, 0.2) is 23.1 Å². The van der Waals surface area contributed by atoms with Crippen molar-refractivity contribution in [2.75, 3.05) is 20.8 Å². The minimum atomic E-state index is -3.83. The lowest BCUT2D eigenvalue weighted by Gasteiger charge is -2.59. The van der Waals surface area contributed by atoms with Gasteiger partial charge in [-0.15, -0.1) is 0 Å². The van der Waals surface area contributed by atoms with Crippen LogP contribution in [0.25, 0.3) is 0 Å². The molecule has 8 heteroatoms. The number of nitrogens with one attached hydrogen (secondary N) is 1. The third kappa shape index (κ3) is 3.93. The van der Waals surface area contributed by atoms with E-state index in [1.807, 2.05) is 0 Å². The Bertz CT molecular complexity index is 988. The van der Waals surface area contributed by atoms with Crippen LogP contribution in [0.3, 0.4) is 0 Å². The van der Waals surface area contributed by atoms with E-state index in [0.717, 1.165) is 17.8 Å². The van der Waals surface area contributed by atoms with Gasteiger partial charge in [-0.25, -0.2) is 8.42 Å². The van der Waals surface area contributed by atoms with Gasteiger partial charge in [0.15, 0.2) is 11.5 Å². The predicted molar refractivity (Wildman–Crippen MR) is 125 cm³/mol. The van der Waals surface area contributed by atoms with Crippen LogP contribution in [0.4, 0.5) is 0 Å². The highest BCUT2D eigenvalue weighted by atomic mass is 32.2. The summed E-state index contributed by atoms with van der Waals surface area (Å²) in [5.74, 6) is 3.10. The number of sulfonamides is 1. The van der Waals surface area contributed by atoms with Gasteiger partial charge in [-0.05, 0) is 93.6 Å². The molecule has 4 saturated carbocycles. The summed E-state index contributed by atoms with van der Waals surface area (Å²) >= 11 is 0. The molecule has 5 aliphatic rings. The number of methoxy groups -OCH3 is 2. The zero-order valence-electron chi connectivity index (χ0n) is 19.9. The van der Waals surface area contributed by atoms with Gasteiger partial charge in [-0.2, -0.15) is 4.31 Å². The highest BCUT2D eigenvalue weighted by Gasteiger charge is 2.53. The van der Waals surface area contributed by atoms with Crippen molar-refractivity contribution in [1.82, 2.24) is 9.62 Å². The van der Waals surface area contributed by atoms with Crippen molar-refractivity contribution in [1.29, 1.82) is 0 Å². The van der Waals surface area contributed by atoms with Crippen molar-refractivity contribution >= 4 is 15.9 Å². The smallest absolute Gasteiger partial charge is 0.243 e. The third-order valence-corrected chi connectivity index (χ3v) is 10.7. The second-order valence-electron chi connectivity index (χ2n) is 10.8. The molecule has 2 atom stereocenters. The highest BCUT2D eigenvalue weighted by molar-refractivity contribution is 7.89. The summed E-state index contributed by atoms with van der Waals surface area (Å²) in [6.45, 7) is 2.49. The van der Waals surface area contributed by atoms with Gasteiger partial charge in [-0.3, -0.25) is 4.79 Å². The fourth-order valence-corrected chi connectivity index (χ4v) is 9.25. The summed E-state index contributed by atoms with van der Waals surface area (Å²) < 4.78 is 38.8. The SMILES string of the molecule is COc1ccc(S(=O)(=O)N2CCCC2C(=O)NC(C)C23CC4CC(CC(C4)C2)C3)cc1OC. The lowest BCUT2D eigenvalue weighted by Crippen LogP contribution is -2.58. The van der Waals surface area contributed by atoms with Gasteiger partial charge in [-0.1, -0.05) is 0 Å². The fourth-order valence-electron chi connectivity index (χ4n) is 7.57. The molecule has 1 aromatic carbocycles. The zero-order chi connectivity index (χ0) is 23.4. The number of benzene rings is 1. The second-order valence-corrected chi connectivity index (χ2v) is 12.7. The highest BCUT2D eigenvalue weighted by Crippen LogP contribution is 2.61. The largest absolute Gasteiger partial charge is 0.493 e. The number of rotatable bonds is 7. The van der Waals surface area contributed by atoms with Gasteiger partial charge < -0.3 is 14.8 Å². The molecule has 33 heavy (non-hydrogen) atoms. The van der Waals surface area contributed by atoms with Crippen molar-refractivity contribution in [2.24, 2.45) is 23.2 Å². The lowest BCUT2D eigenvalue weighted by molar-refractivity contribution is -0.128. The number of amides is 1. The molecular weight excluding hydrogens is 440 g/mol. The molecular formula is C25H36N2O5S. The van der Waals surface area contributed by atoms with Crippen molar-refractivity contribution in [3.63, 3.8) is 0 Å². The van der Waals surface area contributed by atoms with Gasteiger partial charge in [0.25, 0.3) is 0 Å². The molecule has 7 nitrogen and oxygen atoms in total. The van der Waals surface area contributed by atoms with E-state index >= 15 is 0 Å². The molecule has 5 fully saturated rings. The Morgan fingerprint density at radius 3 is 2.24 bits per heavy atom. The molecule has 0 radical (unpaired) electrons. The first-order valence-electron chi connectivity index (χ1n) is 12.3. The maximum absolute atomic E-state index is 13.5. The van der Waals surface area contributed by atoms with Gasteiger partial charge in [0.1, 0.15) is 6.04 Å². The third-order valence-electron chi connectivity index (χ3n) is 8.83. The minimum Gasteiger partial charge on any atom is -0.493 e. The topological polar surface area (TPSA) is 84.9 Å². The van der Waals surface area contributed by atoms with Crippen LogP contribution in [0.2, 0.25) is 0 Å². The fraction of sp³-hybridized carbons (Fsp3) is 0.720. The van der Waals surface area contributed by atoms with Gasteiger partial charge >= 0.3 is 0 Å². The normalized spacial score (nSPS) is 34.3. The molecule has 1 saturated heterocycles. The molecule has 1 amide bonds. The average molecular weight is 477 g/mol. The maximum Gasteiger partial charge on any atom is 0.243 e. The van der Waals surface area contributed by atoms with Crippen LogP contribution in [0.5, 0.6) is 11.5 Å². The quantitative estimate of drug-likeness (QED) is 0.650. The van der Waals surface area contributed by atoms with E-state index < -0.39 is 16.1 Å². The standard InChI is InChI=1S/C25H36N2O5S/c1-16(25-13-17-9-18(14-25)11-19(10-17)15-25)26-24(28)21-5-4-8-27(21)33(29,30)20-6-7-22(31-2)23(12-20)32-3/h6-7,12,16-19,21H,4-5,8-11,13-15H2,1-3H3,(H,26,28). The number of nitrogens with zero attached hydrogens (tertiary/aromatic N) is 1. The van der Waals surface area contributed by atoms with Crippen LogP contribution in [-0.4, -0.2) is 51.5 Å². The van der Waals surface area contributed by atoms with E-state index in [4.69, 9.17) is 9.47 Å². The molecule has 0 spiro atoms. The Morgan fingerprint density at radius 1 is 1.06 bits per heavy atom. The van der Waals surface area contributed by atoms with Gasteiger partial charge in [0.05, 0.1) is 19.1 Å². The minimum absolute atomic E-state index is 0.0737. The molecule has 0 aromatic heterocycles. The molecule has 4 aliphatic carbocycles. The summed E-state index contributed by atoms with van der Waals surface area (Å²) in [7, 11) is -0.844. The first kappa shape index (κ1) is 23.0. The lowest BCUT2D eigenvalue weighted by atomic mass is 9.48. The van der Waals surface area contributed by atoms with Gasteiger partial charge in [0.2, 0.25) is 15.9 Å². The number of ether oxygens (including phenoxy) is 2. The van der Waals surface area contributed by atoms with Crippen molar-refractivity contribution in [3.05, 3.63) is 18.2 Å². The Balaban J connectivity index is 1.33. The summed E-state index contributed by atoms with van der Waals surface area (Å²) in [6.07, 6.45) is 8.93. The molecule has 1 N–H and O–H groups in total. The summed E-state index contributed by atoms with van der Waals surface area (Å²) in [5.41, 5.74) is 0.191. The first-order valence-corrected chi connectivity index (χ1v) is 13.7.